The van der Waals surface area contributed by atoms with Gasteiger partial charge in [0, 0.05) is 15.5 Å². The van der Waals surface area contributed by atoms with Crippen LogP contribution in [0, 0.1) is 0 Å². The van der Waals surface area contributed by atoms with Crippen LogP contribution in [0.3, 0.4) is 0 Å². The lowest BCUT2D eigenvalue weighted by Crippen LogP contribution is -1.78. The second kappa shape index (κ2) is 7.21. The molecule has 116 valence electrons. The summed E-state index contributed by atoms with van der Waals surface area (Å²) in [6.07, 6.45) is 3.83. The highest BCUT2D eigenvalue weighted by atomic mass is 35.5. The van der Waals surface area contributed by atoms with Crippen molar-refractivity contribution >= 4 is 46.1 Å². The molecule has 1 heterocycles. The standard InChI is InChI=1S/C17H12Cl2N2OS/c1-23-14-8-2-11(3-9-14)10-15(19)17-21-20-16(22-17)12-4-6-13(18)7-5-12/h2-10H,1H3/b15-10-. The first kappa shape index (κ1) is 16.1. The molecule has 3 aromatic rings. The predicted molar refractivity (Wildman–Crippen MR) is 96.7 cm³/mol. The molecule has 1 aromatic heterocycles. The number of rotatable bonds is 4. The highest BCUT2D eigenvalue weighted by molar-refractivity contribution is 7.98. The van der Waals surface area contributed by atoms with Crippen LogP contribution < -0.4 is 0 Å². The third kappa shape index (κ3) is 3.96. The molecule has 0 fully saturated rings. The van der Waals surface area contributed by atoms with Crippen LogP contribution in [0.15, 0.2) is 57.8 Å². The monoisotopic (exact) mass is 362 g/mol. The van der Waals surface area contributed by atoms with Crippen molar-refractivity contribution in [2.75, 3.05) is 6.26 Å². The van der Waals surface area contributed by atoms with Crippen LogP contribution in [-0.2, 0) is 0 Å². The van der Waals surface area contributed by atoms with E-state index >= 15 is 0 Å². The van der Waals surface area contributed by atoms with Crippen molar-refractivity contribution in [3.05, 3.63) is 65.0 Å². The molecular formula is C17H12Cl2N2OS. The molecule has 0 spiro atoms. The maximum absolute atomic E-state index is 6.28. The first-order valence-corrected chi connectivity index (χ1v) is 8.75. The molecule has 0 bridgehead atoms. The lowest BCUT2D eigenvalue weighted by molar-refractivity contribution is 0.556. The van der Waals surface area contributed by atoms with E-state index in [9.17, 15) is 0 Å². The summed E-state index contributed by atoms with van der Waals surface area (Å²) in [5.74, 6) is 0.687. The normalized spacial score (nSPS) is 11.7. The fourth-order valence-electron chi connectivity index (χ4n) is 1.94. The van der Waals surface area contributed by atoms with Crippen molar-refractivity contribution in [1.29, 1.82) is 0 Å². The van der Waals surface area contributed by atoms with E-state index in [0.29, 0.717) is 15.9 Å². The number of hydrogen-bond acceptors (Lipinski definition) is 4. The minimum atomic E-state index is 0.283. The van der Waals surface area contributed by atoms with Crippen LogP contribution in [0.4, 0.5) is 0 Å². The van der Waals surface area contributed by atoms with Gasteiger partial charge in [-0.3, -0.25) is 0 Å². The van der Waals surface area contributed by atoms with Crippen molar-refractivity contribution < 1.29 is 4.42 Å². The summed E-state index contributed by atoms with van der Waals surface area (Å²) >= 11 is 13.8. The Bertz CT molecular complexity index is 827. The molecule has 0 aliphatic carbocycles. The van der Waals surface area contributed by atoms with Crippen molar-refractivity contribution in [1.82, 2.24) is 10.2 Å². The Balaban J connectivity index is 1.83. The molecule has 2 aromatic carbocycles. The maximum atomic E-state index is 6.28. The van der Waals surface area contributed by atoms with E-state index in [1.165, 1.54) is 4.90 Å². The van der Waals surface area contributed by atoms with Gasteiger partial charge in [-0.2, -0.15) is 0 Å². The molecule has 0 saturated carbocycles. The van der Waals surface area contributed by atoms with Crippen LogP contribution >= 0.6 is 35.0 Å². The smallest absolute Gasteiger partial charge is 0.259 e. The van der Waals surface area contributed by atoms with Gasteiger partial charge in [-0.15, -0.1) is 22.0 Å². The average molecular weight is 363 g/mol. The van der Waals surface area contributed by atoms with Gasteiger partial charge in [0.25, 0.3) is 5.89 Å². The summed E-state index contributed by atoms with van der Waals surface area (Å²) in [7, 11) is 0. The van der Waals surface area contributed by atoms with Gasteiger partial charge in [0.05, 0.1) is 0 Å². The number of hydrogen-bond donors (Lipinski definition) is 0. The zero-order chi connectivity index (χ0) is 16.2. The Morgan fingerprint density at radius 3 is 2.39 bits per heavy atom. The average Bonchev–Trinajstić information content (AvgIpc) is 3.06. The third-order valence-electron chi connectivity index (χ3n) is 3.13. The van der Waals surface area contributed by atoms with E-state index in [1.54, 1.807) is 30.0 Å². The van der Waals surface area contributed by atoms with E-state index in [4.69, 9.17) is 27.6 Å². The Morgan fingerprint density at radius 1 is 1.04 bits per heavy atom. The largest absolute Gasteiger partial charge is 0.415 e. The summed E-state index contributed by atoms with van der Waals surface area (Å²) in [6.45, 7) is 0. The molecule has 0 amide bonds. The number of nitrogens with zero attached hydrogens (tertiary/aromatic N) is 2. The summed E-state index contributed by atoms with van der Waals surface area (Å²) in [6, 6.07) is 15.2. The Morgan fingerprint density at radius 2 is 1.74 bits per heavy atom. The molecule has 0 aliphatic rings. The highest BCUT2D eigenvalue weighted by Gasteiger charge is 2.11. The summed E-state index contributed by atoms with van der Waals surface area (Å²) < 4.78 is 5.62. The van der Waals surface area contributed by atoms with E-state index in [1.807, 2.05) is 42.7 Å². The minimum absolute atomic E-state index is 0.283. The number of aromatic nitrogens is 2. The van der Waals surface area contributed by atoms with Gasteiger partial charge in [0.1, 0.15) is 5.03 Å². The van der Waals surface area contributed by atoms with Crippen LogP contribution in [0.5, 0.6) is 0 Å². The van der Waals surface area contributed by atoms with Crippen LogP contribution in [-0.4, -0.2) is 16.5 Å². The molecule has 0 N–H and O–H groups in total. The maximum Gasteiger partial charge on any atom is 0.259 e. The lowest BCUT2D eigenvalue weighted by Gasteiger charge is -1.98. The molecule has 0 aliphatic heterocycles. The van der Waals surface area contributed by atoms with Gasteiger partial charge >= 0.3 is 0 Å². The minimum Gasteiger partial charge on any atom is -0.415 e. The van der Waals surface area contributed by atoms with Crippen molar-refractivity contribution in [3.8, 4) is 11.5 Å². The SMILES string of the molecule is CSc1ccc(/C=C(\Cl)c2nnc(-c3ccc(Cl)cc3)o2)cc1. The van der Waals surface area contributed by atoms with E-state index in [0.717, 1.165) is 11.1 Å². The van der Waals surface area contributed by atoms with E-state index in [-0.39, 0.29) is 5.89 Å². The second-order valence-corrected chi connectivity index (χ2v) is 6.41. The summed E-state index contributed by atoms with van der Waals surface area (Å²) in [5, 5.41) is 9.06. The molecule has 0 radical (unpaired) electrons. The van der Waals surface area contributed by atoms with Gasteiger partial charge in [0.2, 0.25) is 5.89 Å². The summed E-state index contributed by atoms with van der Waals surface area (Å²) in [4.78, 5) is 1.20. The van der Waals surface area contributed by atoms with Gasteiger partial charge in [0.15, 0.2) is 0 Å². The highest BCUT2D eigenvalue weighted by Crippen LogP contribution is 2.26. The van der Waals surface area contributed by atoms with Crippen LogP contribution in [0.25, 0.3) is 22.6 Å². The Hall–Kier alpha value is -1.75. The van der Waals surface area contributed by atoms with Crippen molar-refractivity contribution in [2.45, 2.75) is 4.90 Å². The van der Waals surface area contributed by atoms with Gasteiger partial charge < -0.3 is 4.42 Å². The topological polar surface area (TPSA) is 38.9 Å². The molecule has 3 nitrogen and oxygen atoms in total. The molecule has 6 heteroatoms. The van der Waals surface area contributed by atoms with Gasteiger partial charge in [-0.05, 0) is 54.3 Å². The summed E-state index contributed by atoms with van der Waals surface area (Å²) in [5.41, 5.74) is 1.76. The van der Waals surface area contributed by atoms with Gasteiger partial charge in [-0.25, -0.2) is 0 Å². The molecule has 0 atom stereocenters. The Kier molecular flexibility index (Phi) is 5.06. The van der Waals surface area contributed by atoms with Crippen molar-refractivity contribution in [3.63, 3.8) is 0 Å². The van der Waals surface area contributed by atoms with E-state index in [2.05, 4.69) is 10.2 Å². The fourth-order valence-corrected chi connectivity index (χ4v) is 2.67. The fraction of sp³-hybridized carbons (Fsp3) is 0.0588. The first-order valence-electron chi connectivity index (χ1n) is 6.77. The molecule has 23 heavy (non-hydrogen) atoms. The van der Waals surface area contributed by atoms with Crippen LogP contribution in [0.1, 0.15) is 11.5 Å². The zero-order valence-electron chi connectivity index (χ0n) is 12.2. The Labute approximate surface area is 148 Å². The first-order chi connectivity index (χ1) is 11.2. The number of benzene rings is 2. The quantitative estimate of drug-likeness (QED) is 0.545. The third-order valence-corrected chi connectivity index (χ3v) is 4.40. The number of halogens is 2. The van der Waals surface area contributed by atoms with Crippen molar-refractivity contribution in [2.24, 2.45) is 0 Å². The molecule has 0 saturated heterocycles. The second-order valence-electron chi connectivity index (χ2n) is 4.68. The molecule has 0 unspecified atom stereocenters. The predicted octanol–water partition coefficient (Wildman–Crippen LogP) is 5.85. The zero-order valence-corrected chi connectivity index (χ0v) is 14.5. The van der Waals surface area contributed by atoms with Gasteiger partial charge in [-0.1, -0.05) is 35.3 Å². The molecule has 3 rings (SSSR count). The molecular weight excluding hydrogens is 351 g/mol. The number of thioether (sulfide) groups is 1. The van der Waals surface area contributed by atoms with Crippen LogP contribution in [0.2, 0.25) is 5.02 Å². The lowest BCUT2D eigenvalue weighted by atomic mass is 10.2. The van der Waals surface area contributed by atoms with E-state index < -0.39 is 0 Å².